The first-order valence-corrected chi connectivity index (χ1v) is 7.10. The largest absolute Gasteiger partial charge is 0.389 e. The molecule has 0 aliphatic heterocycles. The number of nitrogens with two attached hydrogens (primary N) is 1. The van der Waals surface area contributed by atoms with E-state index in [0.717, 1.165) is 23.5 Å². The van der Waals surface area contributed by atoms with Crippen molar-refractivity contribution in [2.45, 2.75) is 26.3 Å². The third-order valence-electron chi connectivity index (χ3n) is 3.39. The molecular weight excluding hydrogens is 268 g/mol. The molecule has 2 aromatic rings. The third kappa shape index (κ3) is 2.82. The molecule has 0 spiro atoms. The molecule has 0 aliphatic rings. The number of anilines is 1. The van der Waals surface area contributed by atoms with Crippen LogP contribution in [0, 0.1) is 6.92 Å². The van der Waals surface area contributed by atoms with Gasteiger partial charge in [-0.2, -0.15) is 5.10 Å². The van der Waals surface area contributed by atoms with Crippen LogP contribution < -0.4 is 11.1 Å². The zero-order valence-electron chi connectivity index (χ0n) is 12.1. The van der Waals surface area contributed by atoms with Gasteiger partial charge in [0.25, 0.3) is 0 Å². The summed E-state index contributed by atoms with van der Waals surface area (Å²) in [4.78, 5) is 0.376. The third-order valence-corrected chi connectivity index (χ3v) is 3.59. The first-order chi connectivity index (χ1) is 9.54. The van der Waals surface area contributed by atoms with Crippen molar-refractivity contribution in [3.05, 3.63) is 47.2 Å². The van der Waals surface area contributed by atoms with Crippen molar-refractivity contribution in [2.75, 3.05) is 5.32 Å². The van der Waals surface area contributed by atoms with Crippen molar-refractivity contribution in [3.63, 3.8) is 0 Å². The number of benzene rings is 1. The van der Waals surface area contributed by atoms with Crippen molar-refractivity contribution in [2.24, 2.45) is 12.8 Å². The monoisotopic (exact) mass is 288 g/mol. The molecule has 1 atom stereocenters. The summed E-state index contributed by atoms with van der Waals surface area (Å²) in [5.74, 6) is 0.880. The second-order valence-electron chi connectivity index (χ2n) is 4.81. The van der Waals surface area contributed by atoms with Crippen LogP contribution in [-0.4, -0.2) is 14.8 Å². The number of aryl methyl sites for hydroxylation is 2. The Labute approximate surface area is 125 Å². The number of hydrogen-bond acceptors (Lipinski definition) is 3. The van der Waals surface area contributed by atoms with Crippen LogP contribution in [0.2, 0.25) is 0 Å². The second-order valence-corrected chi connectivity index (χ2v) is 5.25. The lowest BCUT2D eigenvalue weighted by Gasteiger charge is -2.19. The molecule has 4 nitrogen and oxygen atoms in total. The highest BCUT2D eigenvalue weighted by Crippen LogP contribution is 2.26. The molecule has 0 fully saturated rings. The molecule has 20 heavy (non-hydrogen) atoms. The van der Waals surface area contributed by atoms with Gasteiger partial charge < -0.3 is 11.1 Å². The Morgan fingerprint density at radius 3 is 2.60 bits per heavy atom. The Bertz CT molecular complexity index is 604. The summed E-state index contributed by atoms with van der Waals surface area (Å²) >= 11 is 5.14. The Kier molecular flexibility index (Phi) is 4.39. The average Bonchev–Trinajstić information content (AvgIpc) is 2.71. The number of hydrogen-bond donors (Lipinski definition) is 2. The molecule has 0 saturated carbocycles. The van der Waals surface area contributed by atoms with E-state index in [0.29, 0.717) is 4.99 Å². The molecule has 1 aromatic carbocycles. The molecule has 0 bridgehead atoms. The normalized spacial score (nSPS) is 12.2. The van der Waals surface area contributed by atoms with Gasteiger partial charge in [-0.15, -0.1) is 0 Å². The second kappa shape index (κ2) is 6.05. The summed E-state index contributed by atoms with van der Waals surface area (Å²) in [6.07, 6.45) is 0.963. The lowest BCUT2D eigenvalue weighted by molar-refractivity contribution is 0.705. The number of aromatic nitrogens is 2. The Hall–Kier alpha value is -1.88. The standard InChI is InChI=1S/C15H20N4S/c1-4-12(11-8-6-5-7-9-11)17-15-13(14(16)20)10(2)18-19(15)3/h5-9,12,17H,4H2,1-3H3,(H2,16,20). The van der Waals surface area contributed by atoms with Crippen LogP contribution >= 0.6 is 12.2 Å². The van der Waals surface area contributed by atoms with Crippen LogP contribution in [0.4, 0.5) is 5.82 Å². The Balaban J connectivity index is 2.36. The van der Waals surface area contributed by atoms with Gasteiger partial charge in [-0.1, -0.05) is 49.5 Å². The zero-order valence-corrected chi connectivity index (χ0v) is 12.9. The van der Waals surface area contributed by atoms with Crippen molar-refractivity contribution in [1.82, 2.24) is 9.78 Å². The fourth-order valence-corrected chi connectivity index (χ4v) is 2.63. The fourth-order valence-electron chi connectivity index (χ4n) is 2.39. The highest BCUT2D eigenvalue weighted by atomic mass is 32.1. The van der Waals surface area contributed by atoms with E-state index in [9.17, 15) is 0 Å². The molecule has 1 heterocycles. The molecule has 0 saturated heterocycles. The SMILES string of the molecule is CCC(Nc1c(C(N)=S)c(C)nn1C)c1ccccc1. The molecule has 0 radical (unpaired) electrons. The van der Waals surface area contributed by atoms with Crippen LogP contribution in [-0.2, 0) is 7.05 Å². The van der Waals surface area contributed by atoms with E-state index in [-0.39, 0.29) is 6.04 Å². The van der Waals surface area contributed by atoms with Crippen molar-refractivity contribution in [3.8, 4) is 0 Å². The van der Waals surface area contributed by atoms with E-state index in [4.69, 9.17) is 18.0 Å². The lowest BCUT2D eigenvalue weighted by atomic mass is 10.0. The van der Waals surface area contributed by atoms with Gasteiger partial charge in [-0.3, -0.25) is 4.68 Å². The van der Waals surface area contributed by atoms with Crippen molar-refractivity contribution < 1.29 is 0 Å². The summed E-state index contributed by atoms with van der Waals surface area (Å²) in [6.45, 7) is 4.07. The highest BCUT2D eigenvalue weighted by molar-refractivity contribution is 7.80. The van der Waals surface area contributed by atoms with Crippen LogP contribution in [0.15, 0.2) is 30.3 Å². The predicted molar refractivity (Wildman–Crippen MR) is 86.9 cm³/mol. The smallest absolute Gasteiger partial charge is 0.135 e. The maximum Gasteiger partial charge on any atom is 0.135 e. The van der Waals surface area contributed by atoms with Crippen molar-refractivity contribution in [1.29, 1.82) is 0 Å². The molecule has 106 valence electrons. The number of rotatable bonds is 5. The van der Waals surface area contributed by atoms with Gasteiger partial charge in [0.15, 0.2) is 0 Å². The van der Waals surface area contributed by atoms with Crippen LogP contribution in [0.1, 0.15) is 36.2 Å². The minimum atomic E-state index is 0.207. The zero-order chi connectivity index (χ0) is 14.7. The van der Waals surface area contributed by atoms with Gasteiger partial charge in [-0.05, 0) is 18.9 Å². The highest BCUT2D eigenvalue weighted by Gasteiger charge is 2.18. The van der Waals surface area contributed by atoms with Gasteiger partial charge in [0.2, 0.25) is 0 Å². The number of nitrogens with one attached hydrogen (secondary N) is 1. The summed E-state index contributed by atoms with van der Waals surface area (Å²) in [7, 11) is 1.90. The van der Waals surface area contributed by atoms with E-state index < -0.39 is 0 Å². The molecular formula is C15H20N4S. The molecule has 3 N–H and O–H groups in total. The summed E-state index contributed by atoms with van der Waals surface area (Å²) in [5, 5.41) is 7.92. The van der Waals surface area contributed by atoms with Gasteiger partial charge in [-0.25, -0.2) is 0 Å². The van der Waals surface area contributed by atoms with E-state index >= 15 is 0 Å². The minimum Gasteiger partial charge on any atom is -0.389 e. The minimum absolute atomic E-state index is 0.207. The number of nitrogens with zero attached hydrogens (tertiary/aromatic N) is 2. The lowest BCUT2D eigenvalue weighted by Crippen LogP contribution is -2.17. The Morgan fingerprint density at radius 1 is 1.40 bits per heavy atom. The van der Waals surface area contributed by atoms with E-state index in [1.807, 2.05) is 32.2 Å². The maximum absolute atomic E-state index is 5.82. The van der Waals surface area contributed by atoms with Gasteiger partial charge in [0.1, 0.15) is 10.8 Å². The van der Waals surface area contributed by atoms with E-state index in [2.05, 4.69) is 29.5 Å². The quantitative estimate of drug-likeness (QED) is 0.831. The van der Waals surface area contributed by atoms with Gasteiger partial charge in [0.05, 0.1) is 17.3 Å². The summed E-state index contributed by atoms with van der Waals surface area (Å²) < 4.78 is 1.80. The first-order valence-electron chi connectivity index (χ1n) is 6.69. The average molecular weight is 288 g/mol. The molecule has 0 amide bonds. The van der Waals surface area contributed by atoms with Gasteiger partial charge in [0, 0.05) is 7.05 Å². The Morgan fingerprint density at radius 2 is 2.05 bits per heavy atom. The molecule has 0 aliphatic carbocycles. The molecule has 1 aromatic heterocycles. The van der Waals surface area contributed by atoms with Crippen LogP contribution in [0.25, 0.3) is 0 Å². The van der Waals surface area contributed by atoms with Crippen LogP contribution in [0.3, 0.4) is 0 Å². The first kappa shape index (κ1) is 14.5. The molecule has 2 rings (SSSR count). The maximum atomic E-state index is 5.82. The summed E-state index contributed by atoms with van der Waals surface area (Å²) in [5.41, 5.74) is 8.74. The topological polar surface area (TPSA) is 55.9 Å². The molecule has 5 heteroatoms. The fraction of sp³-hybridized carbons (Fsp3) is 0.333. The predicted octanol–water partition coefficient (Wildman–Crippen LogP) is 2.93. The van der Waals surface area contributed by atoms with E-state index in [1.165, 1.54) is 5.56 Å². The van der Waals surface area contributed by atoms with Crippen LogP contribution in [0.5, 0.6) is 0 Å². The van der Waals surface area contributed by atoms with Gasteiger partial charge >= 0.3 is 0 Å². The number of thiocarbonyl (C=S) groups is 1. The van der Waals surface area contributed by atoms with Crippen molar-refractivity contribution >= 4 is 23.0 Å². The molecule has 1 unspecified atom stereocenters. The summed E-state index contributed by atoms with van der Waals surface area (Å²) in [6, 6.07) is 10.5. The van der Waals surface area contributed by atoms with E-state index in [1.54, 1.807) is 4.68 Å².